The molecule has 0 saturated carbocycles. The number of esters is 1. The van der Waals surface area contributed by atoms with Gasteiger partial charge in [-0.1, -0.05) is 51.8 Å². The van der Waals surface area contributed by atoms with Gasteiger partial charge in [-0.15, -0.1) is 0 Å². The van der Waals surface area contributed by atoms with Crippen molar-refractivity contribution in [2.24, 2.45) is 4.99 Å². The first-order chi connectivity index (χ1) is 13.0. The fourth-order valence-corrected chi connectivity index (χ4v) is 3.43. The highest BCUT2D eigenvalue weighted by molar-refractivity contribution is 9.10. The summed E-state index contributed by atoms with van der Waals surface area (Å²) in [6, 6.07) is 16.9. The Balaban J connectivity index is 1.74. The van der Waals surface area contributed by atoms with Crippen LogP contribution in [-0.4, -0.2) is 21.6 Å². The largest absolute Gasteiger partial charge is 0.402 e. The highest BCUT2D eigenvalue weighted by Gasteiger charge is 2.25. The van der Waals surface area contributed by atoms with Crippen LogP contribution in [0.25, 0.3) is 11.8 Å². The number of rotatable bonds is 3. The first-order valence-electron chi connectivity index (χ1n) is 8.12. The number of para-hydroxylation sites is 1. The van der Waals surface area contributed by atoms with Gasteiger partial charge in [-0.3, -0.25) is 0 Å². The van der Waals surface area contributed by atoms with Crippen LogP contribution in [0.1, 0.15) is 16.8 Å². The number of aryl methyl sites for hydroxylation is 1. The number of carbonyl (C=O) groups excluding carboxylic acids is 1. The molecule has 0 saturated heterocycles. The van der Waals surface area contributed by atoms with Gasteiger partial charge in [0, 0.05) is 15.6 Å². The number of hydrogen-bond acceptors (Lipinski definition) is 4. The predicted molar refractivity (Wildman–Crippen MR) is 108 cm³/mol. The number of ether oxygens (including phenoxy) is 1. The van der Waals surface area contributed by atoms with Gasteiger partial charge in [0.05, 0.1) is 11.4 Å². The van der Waals surface area contributed by atoms with Crippen molar-refractivity contribution in [2.45, 2.75) is 6.92 Å². The van der Waals surface area contributed by atoms with Crippen LogP contribution in [0.3, 0.4) is 0 Å². The molecule has 1 aliphatic heterocycles. The summed E-state index contributed by atoms with van der Waals surface area (Å²) in [6.45, 7) is 1.83. The number of hydrogen-bond donors (Lipinski definition) is 0. The highest BCUT2D eigenvalue weighted by atomic mass is 79.9. The Kier molecular flexibility index (Phi) is 4.68. The first kappa shape index (κ1) is 17.7. The minimum Gasteiger partial charge on any atom is -0.402 e. The minimum absolute atomic E-state index is 0.183. The average Bonchev–Trinajstić information content (AvgIpc) is 3.17. The van der Waals surface area contributed by atoms with E-state index in [1.165, 1.54) is 0 Å². The second-order valence-corrected chi connectivity index (χ2v) is 7.16. The van der Waals surface area contributed by atoms with E-state index in [-0.39, 0.29) is 11.6 Å². The molecule has 0 bridgehead atoms. The number of aromatic nitrogens is 2. The molecule has 0 aliphatic carbocycles. The van der Waals surface area contributed by atoms with Crippen LogP contribution < -0.4 is 0 Å². The predicted octanol–water partition coefficient (Wildman–Crippen LogP) is 4.94. The highest BCUT2D eigenvalue weighted by Crippen LogP contribution is 2.28. The number of benzene rings is 2. The van der Waals surface area contributed by atoms with E-state index in [1.807, 2.05) is 61.5 Å². The van der Waals surface area contributed by atoms with Crippen LogP contribution in [-0.2, 0) is 9.53 Å². The summed E-state index contributed by atoms with van der Waals surface area (Å²) in [4.78, 5) is 16.6. The number of carbonyl (C=O) groups is 1. The number of halogens is 2. The number of cyclic esters (lactones) is 1. The smallest absolute Gasteiger partial charge is 0.363 e. The van der Waals surface area contributed by atoms with E-state index in [1.54, 1.807) is 10.8 Å². The van der Waals surface area contributed by atoms with E-state index in [0.29, 0.717) is 22.0 Å². The lowest BCUT2D eigenvalue weighted by atomic mass is 10.2. The van der Waals surface area contributed by atoms with Gasteiger partial charge in [-0.05, 0) is 43.3 Å². The van der Waals surface area contributed by atoms with Gasteiger partial charge in [-0.2, -0.15) is 5.10 Å². The molecule has 3 aromatic rings. The second-order valence-electron chi connectivity index (χ2n) is 5.88. The molecule has 0 spiro atoms. The molecular formula is C20H13BrClN3O2. The summed E-state index contributed by atoms with van der Waals surface area (Å²) >= 11 is 9.91. The average molecular weight is 443 g/mol. The van der Waals surface area contributed by atoms with Crippen molar-refractivity contribution < 1.29 is 9.53 Å². The fourth-order valence-electron chi connectivity index (χ4n) is 2.71. The van der Waals surface area contributed by atoms with E-state index >= 15 is 0 Å². The summed E-state index contributed by atoms with van der Waals surface area (Å²) in [7, 11) is 0. The van der Waals surface area contributed by atoms with E-state index in [4.69, 9.17) is 16.3 Å². The molecule has 0 fully saturated rings. The van der Waals surface area contributed by atoms with Crippen molar-refractivity contribution in [1.29, 1.82) is 0 Å². The van der Waals surface area contributed by atoms with Crippen LogP contribution in [0.2, 0.25) is 5.15 Å². The third kappa shape index (κ3) is 3.46. The third-order valence-corrected chi connectivity index (χ3v) is 4.88. The monoisotopic (exact) mass is 441 g/mol. The third-order valence-electron chi connectivity index (χ3n) is 4.02. The normalized spacial score (nSPS) is 15.1. The summed E-state index contributed by atoms with van der Waals surface area (Å²) in [5.74, 6) is -0.260. The molecule has 27 heavy (non-hydrogen) atoms. The summed E-state index contributed by atoms with van der Waals surface area (Å²) in [5, 5.41) is 4.88. The van der Waals surface area contributed by atoms with Gasteiger partial charge in [0.15, 0.2) is 5.70 Å². The minimum atomic E-state index is -0.520. The van der Waals surface area contributed by atoms with E-state index in [9.17, 15) is 4.79 Å². The Labute approximate surface area is 169 Å². The molecule has 0 radical (unpaired) electrons. The maximum absolute atomic E-state index is 12.3. The number of nitrogens with zero attached hydrogens (tertiary/aromatic N) is 3. The van der Waals surface area contributed by atoms with Gasteiger partial charge in [-0.25, -0.2) is 14.5 Å². The second kappa shape index (κ2) is 7.13. The molecule has 0 N–H and O–H groups in total. The van der Waals surface area contributed by atoms with Gasteiger partial charge in [0.25, 0.3) is 0 Å². The van der Waals surface area contributed by atoms with Crippen LogP contribution in [0, 0.1) is 6.92 Å². The zero-order chi connectivity index (χ0) is 19.0. The summed E-state index contributed by atoms with van der Waals surface area (Å²) < 4.78 is 7.81. The standard InChI is InChI=1S/C20H13BrClN3O2/c1-12-16(18(22)25(24-12)15-8-3-2-4-9-15)11-17-20(26)27-19(23-17)13-6-5-7-14(21)10-13/h2-11H,1H3. The molecule has 0 atom stereocenters. The van der Waals surface area contributed by atoms with Crippen molar-refractivity contribution in [3.63, 3.8) is 0 Å². The van der Waals surface area contributed by atoms with Crippen molar-refractivity contribution in [3.05, 3.63) is 86.7 Å². The molecule has 5 nitrogen and oxygen atoms in total. The first-order valence-corrected chi connectivity index (χ1v) is 9.29. The zero-order valence-corrected chi connectivity index (χ0v) is 16.5. The molecule has 7 heteroatoms. The lowest BCUT2D eigenvalue weighted by Crippen LogP contribution is -2.05. The summed E-state index contributed by atoms with van der Waals surface area (Å²) in [5.41, 5.74) is 3.05. The van der Waals surface area contributed by atoms with Crippen LogP contribution in [0.4, 0.5) is 0 Å². The summed E-state index contributed by atoms with van der Waals surface area (Å²) in [6.07, 6.45) is 1.61. The Morgan fingerprint density at radius 3 is 2.67 bits per heavy atom. The molecule has 0 unspecified atom stereocenters. The Bertz CT molecular complexity index is 1100. The number of aliphatic imine (C=N–C) groups is 1. The van der Waals surface area contributed by atoms with Gasteiger partial charge in [0.1, 0.15) is 5.15 Å². The Hall–Kier alpha value is -2.70. The zero-order valence-electron chi connectivity index (χ0n) is 14.2. The van der Waals surface area contributed by atoms with Crippen molar-refractivity contribution in [3.8, 4) is 5.69 Å². The SMILES string of the molecule is Cc1nn(-c2ccccc2)c(Cl)c1C=C1N=C(c2cccc(Br)c2)OC1=O. The lowest BCUT2D eigenvalue weighted by Gasteiger charge is -2.01. The van der Waals surface area contributed by atoms with Crippen LogP contribution in [0.15, 0.2) is 69.8 Å². The Morgan fingerprint density at radius 2 is 1.93 bits per heavy atom. The molecule has 1 aliphatic rings. The van der Waals surface area contributed by atoms with Crippen LogP contribution >= 0.6 is 27.5 Å². The van der Waals surface area contributed by atoms with Gasteiger partial charge in [0.2, 0.25) is 5.90 Å². The topological polar surface area (TPSA) is 56.5 Å². The molecular weight excluding hydrogens is 430 g/mol. The van der Waals surface area contributed by atoms with Crippen LogP contribution in [0.5, 0.6) is 0 Å². The molecule has 4 rings (SSSR count). The maximum Gasteiger partial charge on any atom is 0.363 e. The van der Waals surface area contributed by atoms with E-state index in [0.717, 1.165) is 10.2 Å². The van der Waals surface area contributed by atoms with Gasteiger partial charge >= 0.3 is 5.97 Å². The quantitative estimate of drug-likeness (QED) is 0.426. The van der Waals surface area contributed by atoms with Crippen molar-refractivity contribution >= 4 is 45.5 Å². The molecule has 0 amide bonds. The fraction of sp³-hybridized carbons (Fsp3) is 0.0500. The molecule has 134 valence electrons. The maximum atomic E-state index is 12.3. The molecule has 2 aromatic carbocycles. The molecule has 1 aromatic heterocycles. The van der Waals surface area contributed by atoms with Gasteiger partial charge < -0.3 is 4.74 Å². The van der Waals surface area contributed by atoms with Crippen molar-refractivity contribution in [1.82, 2.24) is 9.78 Å². The Morgan fingerprint density at radius 1 is 1.15 bits per heavy atom. The molecule has 2 heterocycles. The van der Waals surface area contributed by atoms with E-state index in [2.05, 4.69) is 26.0 Å². The van der Waals surface area contributed by atoms with E-state index < -0.39 is 5.97 Å². The lowest BCUT2D eigenvalue weighted by molar-refractivity contribution is -0.129. The van der Waals surface area contributed by atoms with Crippen molar-refractivity contribution in [2.75, 3.05) is 0 Å².